The third-order valence-corrected chi connectivity index (χ3v) is 1.83. The fourth-order valence-electron chi connectivity index (χ4n) is 1.28. The fourth-order valence-corrected chi connectivity index (χ4v) is 1.28. The van der Waals surface area contributed by atoms with Gasteiger partial charge in [-0.3, -0.25) is 5.10 Å². The smallest absolute Gasteiger partial charge is 0.165 e. The highest BCUT2D eigenvalue weighted by molar-refractivity contribution is 5.72. The summed E-state index contributed by atoms with van der Waals surface area (Å²) in [7, 11) is 0. The molecule has 1 N–H and O–H groups in total. The van der Waals surface area contributed by atoms with E-state index in [1.165, 1.54) is 0 Å². The molecule has 5 nitrogen and oxygen atoms in total. The van der Waals surface area contributed by atoms with Gasteiger partial charge in [0.2, 0.25) is 0 Å². The van der Waals surface area contributed by atoms with Crippen LogP contribution in [0.2, 0.25) is 0 Å². The third-order valence-electron chi connectivity index (χ3n) is 1.83. The lowest BCUT2D eigenvalue weighted by molar-refractivity contribution is 0.919. The Bertz CT molecular complexity index is 493. The summed E-state index contributed by atoms with van der Waals surface area (Å²) in [5.41, 5.74) is 1.83. The Kier molecular flexibility index (Phi) is 0.864. The first-order chi connectivity index (χ1) is 5.95. The van der Waals surface area contributed by atoms with E-state index in [1.807, 2.05) is 6.07 Å². The molecular weight excluding hydrogens is 154 g/mol. The molecule has 0 amide bonds. The predicted octanol–water partition coefficient (Wildman–Crippen LogP) is 0.557. The van der Waals surface area contributed by atoms with Crippen molar-refractivity contribution in [2.24, 2.45) is 0 Å². The quantitative estimate of drug-likeness (QED) is 0.521. The molecule has 5 heteroatoms. The highest BCUT2D eigenvalue weighted by Gasteiger charge is 2.09. The van der Waals surface area contributed by atoms with Crippen molar-refractivity contribution in [3.8, 4) is 11.4 Å². The molecule has 0 unspecified atom stereocenters. The van der Waals surface area contributed by atoms with Crippen LogP contribution in [0, 0.1) is 0 Å². The molecule has 0 atom stereocenters. The Balaban J connectivity index is 2.61. The molecule has 3 heterocycles. The topological polar surface area (TPSA) is 58.9 Å². The van der Waals surface area contributed by atoms with E-state index in [9.17, 15) is 0 Å². The Hall–Kier alpha value is -1.91. The molecule has 0 radical (unpaired) electrons. The van der Waals surface area contributed by atoms with Crippen LogP contribution in [0.3, 0.4) is 0 Å². The summed E-state index contributed by atoms with van der Waals surface area (Å²) in [4.78, 5) is 12.3. The van der Waals surface area contributed by atoms with Gasteiger partial charge in [0.05, 0.1) is 5.56 Å². The monoisotopic (exact) mass is 159 g/mol. The van der Waals surface area contributed by atoms with Gasteiger partial charge in [0.1, 0.15) is 12.7 Å². The van der Waals surface area contributed by atoms with Gasteiger partial charge in [-0.1, -0.05) is 0 Å². The number of H-pyrrole nitrogens is 1. The van der Waals surface area contributed by atoms with Gasteiger partial charge in [0.15, 0.2) is 11.5 Å². The predicted molar refractivity (Wildman–Crippen MR) is 41.8 cm³/mol. The van der Waals surface area contributed by atoms with Crippen LogP contribution in [0.1, 0.15) is 0 Å². The second-order valence-corrected chi connectivity index (χ2v) is 2.51. The van der Waals surface area contributed by atoms with Crippen LogP contribution in [-0.4, -0.2) is 24.6 Å². The highest BCUT2D eigenvalue weighted by Crippen LogP contribution is 2.19. The lowest BCUT2D eigenvalue weighted by Crippen LogP contribution is -1.93. The standard InChI is InChI=1S/C7H5N5/c1-2-8-6-5(1)7-9-3-11-12(7)4-10-6/h1-4H,(H,9,11). The molecule has 58 valence electrons. The zero-order valence-electron chi connectivity index (χ0n) is 6.10. The average molecular weight is 159 g/mol. The van der Waals surface area contributed by atoms with Crippen LogP contribution < -0.4 is 0 Å². The number of nitrogens with one attached hydrogen (secondary N) is 1. The molecule has 2 aliphatic heterocycles. The molecule has 0 spiro atoms. The number of fused-ring (bicyclic) bond motifs is 3. The van der Waals surface area contributed by atoms with Crippen LogP contribution in [0.25, 0.3) is 17.0 Å². The molecule has 2 aliphatic rings. The summed E-state index contributed by atoms with van der Waals surface area (Å²) < 4.78 is 1.75. The van der Waals surface area contributed by atoms with E-state index < -0.39 is 0 Å². The molecule has 0 saturated carbocycles. The summed E-state index contributed by atoms with van der Waals surface area (Å²) in [5, 5.41) is 2.92. The minimum Gasteiger partial charge on any atom is -0.281 e. The molecule has 1 aromatic rings. The van der Waals surface area contributed by atoms with Crippen molar-refractivity contribution in [3.63, 3.8) is 0 Å². The zero-order chi connectivity index (χ0) is 7.97. The van der Waals surface area contributed by atoms with Crippen LogP contribution in [0.4, 0.5) is 0 Å². The van der Waals surface area contributed by atoms with E-state index in [4.69, 9.17) is 0 Å². The summed E-state index contributed by atoms with van der Waals surface area (Å²) in [6, 6.07) is 1.90. The van der Waals surface area contributed by atoms with Crippen LogP contribution in [0.15, 0.2) is 24.9 Å². The van der Waals surface area contributed by atoms with E-state index in [1.54, 1.807) is 23.4 Å². The Labute approximate surface area is 67.4 Å². The summed E-state index contributed by atoms with van der Waals surface area (Å²) in [5.74, 6) is 0.738. The van der Waals surface area contributed by atoms with E-state index in [-0.39, 0.29) is 0 Å². The van der Waals surface area contributed by atoms with Crippen molar-refractivity contribution < 1.29 is 0 Å². The molecule has 0 aromatic carbocycles. The summed E-state index contributed by atoms with van der Waals surface area (Å²) in [6.07, 6.45) is 5.02. The molecule has 3 rings (SSSR count). The van der Waals surface area contributed by atoms with Crippen LogP contribution >= 0.6 is 0 Å². The minimum absolute atomic E-state index is 0.738. The van der Waals surface area contributed by atoms with Gasteiger partial charge in [-0.15, -0.1) is 0 Å². The van der Waals surface area contributed by atoms with E-state index in [0.717, 1.165) is 17.0 Å². The molecule has 0 aliphatic carbocycles. The highest BCUT2D eigenvalue weighted by atomic mass is 15.3. The van der Waals surface area contributed by atoms with Gasteiger partial charge < -0.3 is 0 Å². The van der Waals surface area contributed by atoms with Gasteiger partial charge >= 0.3 is 0 Å². The SMILES string of the molecule is c1cc2c3nc[nH]n3cnc-2n1. The zero-order valence-corrected chi connectivity index (χ0v) is 6.10. The molecule has 0 saturated heterocycles. The first-order valence-electron chi connectivity index (χ1n) is 3.56. The third kappa shape index (κ3) is 0.554. The van der Waals surface area contributed by atoms with Gasteiger partial charge in [0.25, 0.3) is 0 Å². The van der Waals surface area contributed by atoms with Gasteiger partial charge in [-0.05, 0) is 6.07 Å². The maximum absolute atomic E-state index is 4.15. The van der Waals surface area contributed by atoms with Crippen molar-refractivity contribution in [3.05, 3.63) is 24.9 Å². The lowest BCUT2D eigenvalue weighted by atomic mass is 10.3. The van der Waals surface area contributed by atoms with Gasteiger partial charge in [0, 0.05) is 6.20 Å². The second kappa shape index (κ2) is 1.82. The van der Waals surface area contributed by atoms with Gasteiger partial charge in [-0.2, -0.15) is 0 Å². The van der Waals surface area contributed by atoms with Crippen molar-refractivity contribution in [1.29, 1.82) is 0 Å². The van der Waals surface area contributed by atoms with Crippen molar-refractivity contribution in [1.82, 2.24) is 24.6 Å². The molecule has 1 aromatic heterocycles. The lowest BCUT2D eigenvalue weighted by Gasteiger charge is -1.96. The summed E-state index contributed by atoms with van der Waals surface area (Å²) in [6.45, 7) is 0. The first-order valence-corrected chi connectivity index (χ1v) is 3.56. The summed E-state index contributed by atoms with van der Waals surface area (Å²) >= 11 is 0. The average Bonchev–Trinajstić information content (AvgIpc) is 2.71. The number of aromatic nitrogens is 5. The normalized spacial score (nSPS) is 11.3. The Morgan fingerprint density at radius 1 is 1.25 bits per heavy atom. The molecule has 12 heavy (non-hydrogen) atoms. The number of aromatic amines is 1. The van der Waals surface area contributed by atoms with Crippen LogP contribution in [0.5, 0.6) is 0 Å². The number of hydrogen-bond donors (Lipinski definition) is 1. The largest absolute Gasteiger partial charge is 0.281 e. The number of nitrogens with zero attached hydrogens (tertiary/aromatic N) is 4. The Morgan fingerprint density at radius 2 is 2.25 bits per heavy atom. The molecular formula is C7H5N5. The van der Waals surface area contributed by atoms with Crippen molar-refractivity contribution in [2.75, 3.05) is 0 Å². The maximum atomic E-state index is 4.15. The van der Waals surface area contributed by atoms with Crippen molar-refractivity contribution >= 4 is 5.65 Å². The van der Waals surface area contributed by atoms with E-state index >= 15 is 0 Å². The Morgan fingerprint density at radius 3 is 3.25 bits per heavy atom. The van der Waals surface area contributed by atoms with E-state index in [0.29, 0.717) is 0 Å². The van der Waals surface area contributed by atoms with Crippen LogP contribution in [-0.2, 0) is 0 Å². The second-order valence-electron chi connectivity index (χ2n) is 2.51. The number of hydrogen-bond acceptors (Lipinski definition) is 3. The molecule has 0 fully saturated rings. The fraction of sp³-hybridized carbons (Fsp3) is 0. The van der Waals surface area contributed by atoms with Crippen molar-refractivity contribution in [2.45, 2.75) is 0 Å². The molecule has 0 bridgehead atoms. The van der Waals surface area contributed by atoms with Gasteiger partial charge in [-0.25, -0.2) is 19.5 Å². The van der Waals surface area contributed by atoms with E-state index in [2.05, 4.69) is 20.1 Å². The first kappa shape index (κ1) is 5.70. The number of rotatable bonds is 0. The maximum Gasteiger partial charge on any atom is 0.165 e. The minimum atomic E-state index is 0.738.